The zero-order valence-electron chi connectivity index (χ0n) is 14.0. The molecule has 4 nitrogen and oxygen atoms in total. The van der Waals surface area contributed by atoms with E-state index >= 15 is 0 Å². The van der Waals surface area contributed by atoms with Gasteiger partial charge in [-0.25, -0.2) is 0 Å². The van der Waals surface area contributed by atoms with Gasteiger partial charge in [0.05, 0.1) is 26.9 Å². The van der Waals surface area contributed by atoms with Gasteiger partial charge in [-0.15, -0.1) is 0 Å². The van der Waals surface area contributed by atoms with Gasteiger partial charge in [-0.1, -0.05) is 31.2 Å². The quantitative estimate of drug-likeness (QED) is 0.783. The van der Waals surface area contributed by atoms with Crippen LogP contribution in [0.2, 0.25) is 0 Å². The minimum atomic E-state index is -0.142. The second-order valence-electron chi connectivity index (χ2n) is 5.41. The largest absolute Gasteiger partial charge is 0.497 e. The third-order valence-corrected chi connectivity index (χ3v) is 4.01. The number of aliphatic hydroxyl groups excluding tert-OH is 1. The van der Waals surface area contributed by atoms with Gasteiger partial charge >= 0.3 is 0 Å². The third kappa shape index (κ3) is 4.47. The summed E-state index contributed by atoms with van der Waals surface area (Å²) >= 11 is 0. The first-order chi connectivity index (χ1) is 11.2. The molecule has 2 aromatic carbocycles. The number of aliphatic hydroxyl groups is 1. The fourth-order valence-corrected chi connectivity index (χ4v) is 2.64. The zero-order chi connectivity index (χ0) is 16.7. The maximum absolute atomic E-state index is 9.79. The van der Waals surface area contributed by atoms with Crippen molar-refractivity contribution in [3.05, 3.63) is 59.7 Å². The number of hydrogen-bond donors (Lipinski definition) is 2. The Morgan fingerprint density at radius 3 is 2.17 bits per heavy atom. The highest BCUT2D eigenvalue weighted by Crippen LogP contribution is 2.25. The molecule has 2 aromatic rings. The van der Waals surface area contributed by atoms with Crippen molar-refractivity contribution in [1.29, 1.82) is 0 Å². The number of rotatable bonds is 8. The maximum Gasteiger partial charge on any atom is 0.119 e. The van der Waals surface area contributed by atoms with E-state index in [2.05, 4.69) is 24.4 Å². The normalized spacial score (nSPS) is 13.4. The van der Waals surface area contributed by atoms with Crippen LogP contribution in [0.5, 0.6) is 11.5 Å². The molecule has 0 saturated heterocycles. The Hall–Kier alpha value is -2.04. The Labute approximate surface area is 138 Å². The molecular weight excluding hydrogens is 290 g/mol. The number of benzene rings is 2. The molecule has 23 heavy (non-hydrogen) atoms. The summed E-state index contributed by atoms with van der Waals surface area (Å²) in [4.78, 5) is 0. The lowest BCUT2D eigenvalue weighted by Gasteiger charge is -2.25. The lowest BCUT2D eigenvalue weighted by atomic mass is 10.0. The minimum absolute atomic E-state index is 0.0276. The molecule has 0 amide bonds. The molecule has 0 bridgehead atoms. The summed E-state index contributed by atoms with van der Waals surface area (Å²) < 4.78 is 10.5. The summed E-state index contributed by atoms with van der Waals surface area (Å²) in [6.45, 7) is 2.15. The van der Waals surface area contributed by atoms with Crippen LogP contribution in [0.15, 0.2) is 48.5 Å². The lowest BCUT2D eigenvalue weighted by molar-refractivity contribution is 0.231. The van der Waals surface area contributed by atoms with Crippen molar-refractivity contribution in [2.45, 2.75) is 25.4 Å². The maximum atomic E-state index is 9.79. The molecular formula is C19H25NO3. The minimum Gasteiger partial charge on any atom is -0.497 e. The highest BCUT2D eigenvalue weighted by molar-refractivity contribution is 5.32. The fraction of sp³-hybridized carbons (Fsp3) is 0.368. The molecule has 0 aliphatic rings. The monoisotopic (exact) mass is 315 g/mol. The molecule has 0 aromatic heterocycles. The van der Waals surface area contributed by atoms with E-state index in [-0.39, 0.29) is 18.7 Å². The predicted molar refractivity (Wildman–Crippen MR) is 92.0 cm³/mol. The van der Waals surface area contributed by atoms with Gasteiger partial charge in [0.15, 0.2) is 0 Å². The van der Waals surface area contributed by atoms with Gasteiger partial charge in [0.1, 0.15) is 11.5 Å². The molecule has 0 aliphatic heterocycles. The van der Waals surface area contributed by atoms with Gasteiger partial charge in [-0.3, -0.25) is 0 Å². The zero-order valence-corrected chi connectivity index (χ0v) is 14.0. The second-order valence-corrected chi connectivity index (χ2v) is 5.41. The Bertz CT molecular complexity index is 598. The molecule has 0 aliphatic carbocycles. The highest BCUT2D eigenvalue weighted by atomic mass is 16.5. The van der Waals surface area contributed by atoms with Crippen molar-refractivity contribution in [1.82, 2.24) is 5.32 Å². The number of nitrogens with one attached hydrogen (secondary N) is 1. The molecule has 124 valence electrons. The van der Waals surface area contributed by atoms with E-state index in [0.717, 1.165) is 23.5 Å². The molecule has 2 rings (SSSR count). The van der Waals surface area contributed by atoms with Crippen LogP contribution < -0.4 is 14.8 Å². The van der Waals surface area contributed by atoms with Crippen molar-refractivity contribution in [3.63, 3.8) is 0 Å². The summed E-state index contributed by atoms with van der Waals surface area (Å²) in [7, 11) is 3.31. The van der Waals surface area contributed by atoms with Crippen LogP contribution in [0.1, 0.15) is 36.6 Å². The number of hydrogen-bond acceptors (Lipinski definition) is 4. The number of methoxy groups -OCH3 is 2. The van der Waals surface area contributed by atoms with Crippen LogP contribution in [0.3, 0.4) is 0 Å². The average molecular weight is 315 g/mol. The molecule has 2 N–H and O–H groups in total. The number of ether oxygens (including phenoxy) is 2. The van der Waals surface area contributed by atoms with E-state index in [4.69, 9.17) is 9.47 Å². The van der Waals surface area contributed by atoms with Crippen molar-refractivity contribution in [2.75, 3.05) is 20.8 Å². The molecule has 4 heteroatoms. The van der Waals surface area contributed by atoms with E-state index in [1.165, 1.54) is 5.56 Å². The van der Waals surface area contributed by atoms with Gasteiger partial charge in [0.2, 0.25) is 0 Å². The fourth-order valence-electron chi connectivity index (χ4n) is 2.64. The van der Waals surface area contributed by atoms with Gasteiger partial charge in [-0.2, -0.15) is 0 Å². The van der Waals surface area contributed by atoms with Crippen LogP contribution >= 0.6 is 0 Å². The van der Waals surface area contributed by atoms with Gasteiger partial charge in [0.25, 0.3) is 0 Å². The third-order valence-electron chi connectivity index (χ3n) is 4.01. The van der Waals surface area contributed by atoms with Gasteiger partial charge < -0.3 is 19.9 Å². The Kier molecular flexibility index (Phi) is 6.44. The summed E-state index contributed by atoms with van der Waals surface area (Å²) in [6.07, 6.45) is 0.923. The highest BCUT2D eigenvalue weighted by Gasteiger charge is 2.17. The summed E-state index contributed by atoms with van der Waals surface area (Å²) in [5.41, 5.74) is 2.19. The smallest absolute Gasteiger partial charge is 0.119 e. The van der Waals surface area contributed by atoms with E-state index < -0.39 is 0 Å². The van der Waals surface area contributed by atoms with Crippen LogP contribution in [0.4, 0.5) is 0 Å². The standard InChI is InChI=1S/C19H25NO3/c1-4-18(14-8-10-16(22-2)11-9-14)20-19(13-21)15-6-5-7-17(12-15)23-3/h5-12,18-21H,4,13H2,1-3H3. The molecule has 0 spiro atoms. The summed E-state index contributed by atoms with van der Waals surface area (Å²) in [6, 6.07) is 15.8. The first-order valence-electron chi connectivity index (χ1n) is 7.86. The van der Waals surface area contributed by atoms with Crippen molar-refractivity contribution in [2.24, 2.45) is 0 Å². The van der Waals surface area contributed by atoms with Crippen molar-refractivity contribution in [3.8, 4) is 11.5 Å². The molecule has 0 saturated carbocycles. The first-order valence-corrected chi connectivity index (χ1v) is 7.86. The predicted octanol–water partition coefficient (Wildman–Crippen LogP) is 3.48. The second kappa shape index (κ2) is 8.56. The van der Waals surface area contributed by atoms with Crippen LogP contribution in [0.25, 0.3) is 0 Å². The Morgan fingerprint density at radius 1 is 0.913 bits per heavy atom. The van der Waals surface area contributed by atoms with Crippen molar-refractivity contribution < 1.29 is 14.6 Å². The molecule has 2 atom stereocenters. The van der Waals surface area contributed by atoms with Crippen LogP contribution in [-0.4, -0.2) is 25.9 Å². The van der Waals surface area contributed by atoms with E-state index in [0.29, 0.717) is 0 Å². The van der Waals surface area contributed by atoms with E-state index in [1.807, 2.05) is 36.4 Å². The van der Waals surface area contributed by atoms with E-state index in [1.54, 1.807) is 14.2 Å². The molecule has 0 fully saturated rings. The van der Waals surface area contributed by atoms with Gasteiger partial charge in [-0.05, 0) is 41.8 Å². The van der Waals surface area contributed by atoms with Gasteiger partial charge in [0, 0.05) is 6.04 Å². The molecule has 0 heterocycles. The molecule has 0 radical (unpaired) electrons. The van der Waals surface area contributed by atoms with E-state index in [9.17, 15) is 5.11 Å². The lowest BCUT2D eigenvalue weighted by Crippen LogP contribution is -2.28. The summed E-state index contributed by atoms with van der Waals surface area (Å²) in [5, 5.41) is 13.3. The van der Waals surface area contributed by atoms with Crippen LogP contribution in [-0.2, 0) is 0 Å². The van der Waals surface area contributed by atoms with Crippen LogP contribution in [0, 0.1) is 0 Å². The Balaban J connectivity index is 2.16. The average Bonchev–Trinajstić information content (AvgIpc) is 2.63. The molecule has 2 unspecified atom stereocenters. The SMILES string of the molecule is CCC(NC(CO)c1cccc(OC)c1)c1ccc(OC)cc1. The van der Waals surface area contributed by atoms with Crippen molar-refractivity contribution >= 4 is 0 Å². The summed E-state index contributed by atoms with van der Waals surface area (Å²) in [5.74, 6) is 1.63. The first kappa shape index (κ1) is 17.3. The Morgan fingerprint density at radius 2 is 1.61 bits per heavy atom. The topological polar surface area (TPSA) is 50.7 Å².